The van der Waals surface area contributed by atoms with Crippen molar-refractivity contribution in [3.8, 4) is 5.75 Å². The minimum Gasteiger partial charge on any atom is -0.508 e. The Labute approximate surface area is 146 Å². The fourth-order valence-corrected chi connectivity index (χ4v) is 3.51. The molecule has 0 radical (unpaired) electrons. The summed E-state index contributed by atoms with van der Waals surface area (Å²) in [6.07, 6.45) is 1.48. The van der Waals surface area contributed by atoms with Crippen molar-refractivity contribution in [3.63, 3.8) is 0 Å². The number of rotatable bonds is 4. The Balaban J connectivity index is 1.61. The first kappa shape index (κ1) is 17.4. The second-order valence-electron chi connectivity index (χ2n) is 6.86. The Kier molecular flexibility index (Phi) is 4.47. The SMILES string of the molecule is Cc1cc(C(C)(O)CNC(=O)NC2CCc3c(O)cccc32)c(C)o1. The van der Waals surface area contributed by atoms with Crippen LogP contribution in [0.2, 0.25) is 0 Å². The summed E-state index contributed by atoms with van der Waals surface area (Å²) in [4.78, 5) is 12.2. The number of amides is 2. The number of fused-ring (bicyclic) bond motifs is 1. The number of nitrogens with one attached hydrogen (secondary N) is 2. The number of carbonyl (C=O) groups is 1. The van der Waals surface area contributed by atoms with Crippen molar-refractivity contribution in [2.45, 2.75) is 45.3 Å². The average Bonchev–Trinajstić information content (AvgIpc) is 3.10. The molecule has 1 aromatic carbocycles. The highest BCUT2D eigenvalue weighted by atomic mass is 16.3. The molecule has 3 rings (SSSR count). The van der Waals surface area contributed by atoms with Gasteiger partial charge in [-0.1, -0.05) is 12.1 Å². The molecule has 25 heavy (non-hydrogen) atoms. The van der Waals surface area contributed by atoms with E-state index in [1.807, 2.05) is 13.0 Å². The molecule has 1 heterocycles. The summed E-state index contributed by atoms with van der Waals surface area (Å²) in [6, 6.07) is 6.66. The highest BCUT2D eigenvalue weighted by Gasteiger charge is 2.30. The third kappa shape index (κ3) is 3.49. The molecule has 4 N–H and O–H groups in total. The molecular weight excluding hydrogens is 320 g/mol. The predicted molar refractivity (Wildman–Crippen MR) is 93.5 cm³/mol. The Morgan fingerprint density at radius 3 is 2.84 bits per heavy atom. The van der Waals surface area contributed by atoms with Crippen LogP contribution in [0, 0.1) is 13.8 Å². The molecule has 0 saturated heterocycles. The minimum absolute atomic E-state index is 0.0677. The topological polar surface area (TPSA) is 94.7 Å². The van der Waals surface area contributed by atoms with E-state index in [9.17, 15) is 15.0 Å². The van der Waals surface area contributed by atoms with Crippen molar-refractivity contribution in [3.05, 3.63) is 52.5 Å². The van der Waals surface area contributed by atoms with Gasteiger partial charge in [0.25, 0.3) is 0 Å². The Bertz CT molecular complexity index is 795. The number of aromatic hydroxyl groups is 1. The monoisotopic (exact) mass is 344 g/mol. The Morgan fingerprint density at radius 2 is 2.16 bits per heavy atom. The van der Waals surface area contributed by atoms with Gasteiger partial charge < -0.3 is 25.3 Å². The van der Waals surface area contributed by atoms with Gasteiger partial charge in [-0.2, -0.15) is 0 Å². The van der Waals surface area contributed by atoms with Gasteiger partial charge in [-0.15, -0.1) is 0 Å². The second-order valence-corrected chi connectivity index (χ2v) is 6.86. The molecule has 2 unspecified atom stereocenters. The van der Waals surface area contributed by atoms with Crippen LogP contribution in [0.4, 0.5) is 4.79 Å². The largest absolute Gasteiger partial charge is 0.508 e. The zero-order valence-corrected chi connectivity index (χ0v) is 14.7. The standard InChI is InChI=1S/C19H24N2O4/c1-11-9-15(12(2)25-11)19(3,24)10-20-18(23)21-16-8-7-14-13(16)5-4-6-17(14)22/h4-6,9,16,22,24H,7-8,10H2,1-3H3,(H2,20,21,23). The summed E-state index contributed by atoms with van der Waals surface area (Å²) in [7, 11) is 0. The molecule has 0 fully saturated rings. The van der Waals surface area contributed by atoms with Crippen molar-refractivity contribution in [1.29, 1.82) is 0 Å². The van der Waals surface area contributed by atoms with Crippen LogP contribution >= 0.6 is 0 Å². The van der Waals surface area contributed by atoms with Crippen LogP contribution in [0.3, 0.4) is 0 Å². The van der Waals surface area contributed by atoms with E-state index in [1.54, 1.807) is 32.0 Å². The fourth-order valence-electron chi connectivity index (χ4n) is 3.51. The van der Waals surface area contributed by atoms with Crippen molar-refractivity contribution < 1.29 is 19.4 Å². The summed E-state index contributed by atoms with van der Waals surface area (Å²) in [6.45, 7) is 5.32. The van der Waals surface area contributed by atoms with Gasteiger partial charge in [0.2, 0.25) is 0 Å². The van der Waals surface area contributed by atoms with Gasteiger partial charge in [0.15, 0.2) is 0 Å². The molecule has 1 aliphatic carbocycles. The third-order valence-electron chi connectivity index (χ3n) is 4.77. The molecule has 0 aliphatic heterocycles. The number of aryl methyl sites for hydroxylation is 2. The number of benzene rings is 1. The van der Waals surface area contributed by atoms with E-state index in [2.05, 4.69) is 10.6 Å². The van der Waals surface area contributed by atoms with Gasteiger partial charge in [-0.3, -0.25) is 0 Å². The van der Waals surface area contributed by atoms with Crippen LogP contribution in [0.15, 0.2) is 28.7 Å². The number of aliphatic hydroxyl groups is 1. The molecule has 134 valence electrons. The van der Waals surface area contributed by atoms with Gasteiger partial charge in [-0.05, 0) is 56.9 Å². The number of hydrogen-bond acceptors (Lipinski definition) is 4. The van der Waals surface area contributed by atoms with Crippen molar-refractivity contribution in [1.82, 2.24) is 10.6 Å². The Morgan fingerprint density at radius 1 is 1.40 bits per heavy atom. The molecule has 1 aliphatic rings. The van der Waals surface area contributed by atoms with E-state index in [4.69, 9.17) is 4.42 Å². The number of urea groups is 1. The number of phenols is 1. The van der Waals surface area contributed by atoms with Gasteiger partial charge >= 0.3 is 6.03 Å². The van der Waals surface area contributed by atoms with Gasteiger partial charge in [0, 0.05) is 5.56 Å². The van der Waals surface area contributed by atoms with Crippen LogP contribution in [-0.4, -0.2) is 22.8 Å². The van der Waals surface area contributed by atoms with Gasteiger partial charge in [-0.25, -0.2) is 4.79 Å². The first-order chi connectivity index (χ1) is 11.8. The Hall–Kier alpha value is -2.47. The lowest BCUT2D eigenvalue weighted by molar-refractivity contribution is 0.0577. The molecule has 0 bridgehead atoms. The number of carbonyl (C=O) groups excluding carboxylic acids is 1. The molecule has 1 aromatic heterocycles. The molecule has 2 atom stereocenters. The smallest absolute Gasteiger partial charge is 0.315 e. The zero-order valence-electron chi connectivity index (χ0n) is 14.7. The molecule has 2 aromatic rings. The molecule has 0 spiro atoms. The van der Waals surface area contributed by atoms with Gasteiger partial charge in [0.1, 0.15) is 22.9 Å². The number of hydrogen-bond donors (Lipinski definition) is 4. The highest BCUT2D eigenvalue weighted by Crippen LogP contribution is 2.36. The van der Waals surface area contributed by atoms with Crippen LogP contribution in [0.1, 0.15) is 47.6 Å². The second kappa shape index (κ2) is 6.44. The maximum Gasteiger partial charge on any atom is 0.315 e. The average molecular weight is 344 g/mol. The third-order valence-corrected chi connectivity index (χ3v) is 4.77. The summed E-state index contributed by atoms with van der Waals surface area (Å²) in [5.41, 5.74) is 1.29. The first-order valence-electron chi connectivity index (χ1n) is 8.43. The maximum absolute atomic E-state index is 12.2. The maximum atomic E-state index is 12.2. The van der Waals surface area contributed by atoms with E-state index in [0.717, 1.165) is 29.7 Å². The van der Waals surface area contributed by atoms with Crippen LogP contribution in [-0.2, 0) is 12.0 Å². The van der Waals surface area contributed by atoms with Crippen LogP contribution < -0.4 is 10.6 Å². The lowest BCUT2D eigenvalue weighted by Gasteiger charge is -2.24. The summed E-state index contributed by atoms with van der Waals surface area (Å²) >= 11 is 0. The molecule has 6 nitrogen and oxygen atoms in total. The lowest BCUT2D eigenvalue weighted by atomic mass is 9.96. The van der Waals surface area contributed by atoms with E-state index in [-0.39, 0.29) is 24.4 Å². The number of furan rings is 1. The summed E-state index contributed by atoms with van der Waals surface area (Å²) in [5, 5.41) is 26.2. The molecule has 6 heteroatoms. The zero-order chi connectivity index (χ0) is 18.2. The fraction of sp³-hybridized carbons (Fsp3) is 0.421. The minimum atomic E-state index is -1.22. The van der Waals surface area contributed by atoms with Crippen LogP contribution in [0.25, 0.3) is 0 Å². The molecular formula is C19H24N2O4. The molecule has 2 amide bonds. The van der Waals surface area contributed by atoms with Crippen molar-refractivity contribution in [2.75, 3.05) is 6.54 Å². The summed E-state index contributed by atoms with van der Waals surface area (Å²) in [5.74, 6) is 1.64. The summed E-state index contributed by atoms with van der Waals surface area (Å²) < 4.78 is 5.45. The van der Waals surface area contributed by atoms with Crippen molar-refractivity contribution in [2.24, 2.45) is 0 Å². The van der Waals surface area contributed by atoms with Gasteiger partial charge in [0.05, 0.1) is 12.6 Å². The lowest BCUT2D eigenvalue weighted by Crippen LogP contribution is -2.44. The quantitative estimate of drug-likeness (QED) is 0.686. The normalized spacial score (nSPS) is 18.5. The predicted octanol–water partition coefficient (Wildman–Crippen LogP) is 2.80. The van der Waals surface area contributed by atoms with Crippen molar-refractivity contribution >= 4 is 6.03 Å². The van der Waals surface area contributed by atoms with E-state index >= 15 is 0 Å². The van der Waals surface area contributed by atoms with E-state index in [1.165, 1.54) is 0 Å². The van der Waals surface area contributed by atoms with E-state index in [0.29, 0.717) is 11.3 Å². The van der Waals surface area contributed by atoms with E-state index < -0.39 is 5.60 Å². The first-order valence-corrected chi connectivity index (χ1v) is 8.43. The number of phenolic OH excluding ortho intramolecular Hbond substituents is 1. The molecule has 0 saturated carbocycles. The van der Waals surface area contributed by atoms with Crippen LogP contribution in [0.5, 0.6) is 5.75 Å². The highest BCUT2D eigenvalue weighted by molar-refractivity contribution is 5.75.